The Bertz CT molecular complexity index is 580. The van der Waals surface area contributed by atoms with Crippen molar-refractivity contribution in [3.63, 3.8) is 0 Å². The summed E-state index contributed by atoms with van der Waals surface area (Å²) in [5.74, 6) is -0.909. The fourth-order valence-electron chi connectivity index (χ4n) is 2.08. The second-order valence-electron chi connectivity index (χ2n) is 5.93. The monoisotopic (exact) mass is 312 g/mol. The molecule has 0 radical (unpaired) electrons. The molecule has 0 aliphatic rings. The molecule has 1 rings (SSSR count). The smallest absolute Gasteiger partial charge is 0.239 e. The number of sulfone groups is 1. The number of nitrogens with one attached hydrogen (secondary N) is 1. The molecule has 1 N–H and O–H groups in total. The minimum absolute atomic E-state index is 0.0196. The largest absolute Gasteiger partial charge is 0.325 e. The summed E-state index contributed by atoms with van der Waals surface area (Å²) < 4.78 is 23.6. The van der Waals surface area contributed by atoms with Gasteiger partial charge in [-0.1, -0.05) is 26.0 Å². The van der Waals surface area contributed by atoms with Crippen LogP contribution in [0, 0.1) is 5.92 Å². The van der Waals surface area contributed by atoms with Crippen molar-refractivity contribution >= 4 is 21.4 Å². The van der Waals surface area contributed by atoms with Crippen LogP contribution in [0.2, 0.25) is 0 Å². The van der Waals surface area contributed by atoms with E-state index in [0.29, 0.717) is 5.69 Å². The third-order valence-electron chi connectivity index (χ3n) is 2.65. The van der Waals surface area contributed by atoms with Crippen molar-refractivity contribution < 1.29 is 13.2 Å². The number of anilines is 1. The molecular formula is C15H24N2O3S. The standard InChI is InChI=1S/C15H24N2O3S/c1-12(2)10-21(19,20)11-15(18)16-14-7-5-6-13(8-14)9-17(3)4/h5-8,12H,9-11H2,1-4H3,(H,16,18). The Morgan fingerprint density at radius 3 is 2.52 bits per heavy atom. The molecule has 0 aliphatic heterocycles. The van der Waals surface area contributed by atoms with Crippen molar-refractivity contribution in [1.82, 2.24) is 4.90 Å². The average Bonchev–Trinajstić information content (AvgIpc) is 2.24. The highest BCUT2D eigenvalue weighted by Gasteiger charge is 2.18. The molecular weight excluding hydrogens is 288 g/mol. The van der Waals surface area contributed by atoms with Crippen molar-refractivity contribution in [3.8, 4) is 0 Å². The van der Waals surface area contributed by atoms with E-state index >= 15 is 0 Å². The second-order valence-corrected chi connectivity index (χ2v) is 8.04. The lowest BCUT2D eigenvalue weighted by Gasteiger charge is -2.12. The lowest BCUT2D eigenvalue weighted by Crippen LogP contribution is -2.26. The molecule has 1 aromatic carbocycles. The van der Waals surface area contributed by atoms with Gasteiger partial charge in [0.05, 0.1) is 5.75 Å². The summed E-state index contributed by atoms with van der Waals surface area (Å²) in [5.41, 5.74) is 1.68. The molecule has 5 nitrogen and oxygen atoms in total. The van der Waals surface area contributed by atoms with Gasteiger partial charge in [0.25, 0.3) is 0 Å². The average molecular weight is 312 g/mol. The van der Waals surface area contributed by atoms with Gasteiger partial charge < -0.3 is 10.2 Å². The maximum absolute atomic E-state index is 11.8. The Morgan fingerprint density at radius 2 is 1.95 bits per heavy atom. The third-order valence-corrected chi connectivity index (χ3v) is 4.52. The number of nitrogens with zero attached hydrogens (tertiary/aromatic N) is 1. The number of carbonyl (C=O) groups is 1. The zero-order valence-corrected chi connectivity index (χ0v) is 13.9. The predicted molar refractivity (Wildman–Crippen MR) is 86.0 cm³/mol. The molecule has 0 saturated carbocycles. The summed E-state index contributed by atoms with van der Waals surface area (Å²) in [6.45, 7) is 4.40. The van der Waals surface area contributed by atoms with E-state index in [1.54, 1.807) is 6.07 Å². The second kappa shape index (κ2) is 7.56. The number of carbonyl (C=O) groups excluding carboxylic acids is 1. The first-order valence-electron chi connectivity index (χ1n) is 6.92. The van der Waals surface area contributed by atoms with E-state index in [4.69, 9.17) is 0 Å². The van der Waals surface area contributed by atoms with Gasteiger partial charge in [-0.25, -0.2) is 8.42 Å². The molecule has 0 spiro atoms. The van der Waals surface area contributed by atoms with Crippen LogP contribution < -0.4 is 5.32 Å². The molecule has 0 aromatic heterocycles. The van der Waals surface area contributed by atoms with Gasteiger partial charge in [-0.2, -0.15) is 0 Å². The maximum Gasteiger partial charge on any atom is 0.239 e. The van der Waals surface area contributed by atoms with Crippen molar-refractivity contribution in [2.24, 2.45) is 5.92 Å². The molecule has 0 heterocycles. The number of hydrogen-bond donors (Lipinski definition) is 1. The zero-order chi connectivity index (χ0) is 16.0. The van der Waals surface area contributed by atoms with Crippen LogP contribution in [0.1, 0.15) is 19.4 Å². The molecule has 0 aliphatic carbocycles. The normalized spacial score (nSPS) is 11.9. The van der Waals surface area contributed by atoms with Gasteiger partial charge in [-0.05, 0) is 37.7 Å². The Morgan fingerprint density at radius 1 is 1.29 bits per heavy atom. The summed E-state index contributed by atoms with van der Waals surface area (Å²) in [7, 11) is 0.575. The van der Waals surface area contributed by atoms with Crippen LogP contribution in [0.15, 0.2) is 24.3 Å². The summed E-state index contributed by atoms with van der Waals surface area (Å²) in [6.07, 6.45) is 0. The van der Waals surface area contributed by atoms with Gasteiger partial charge in [-0.15, -0.1) is 0 Å². The van der Waals surface area contributed by atoms with Crippen molar-refractivity contribution in [2.45, 2.75) is 20.4 Å². The Labute approximate surface area is 127 Å². The van der Waals surface area contributed by atoms with E-state index in [2.05, 4.69) is 5.32 Å². The molecule has 1 amide bonds. The molecule has 0 bridgehead atoms. The van der Waals surface area contributed by atoms with Gasteiger partial charge in [-0.3, -0.25) is 4.79 Å². The van der Waals surface area contributed by atoms with E-state index in [1.165, 1.54) is 0 Å². The first-order chi connectivity index (χ1) is 9.68. The molecule has 118 valence electrons. The Hall–Kier alpha value is -1.40. The van der Waals surface area contributed by atoms with Gasteiger partial charge in [0.15, 0.2) is 9.84 Å². The molecule has 0 fully saturated rings. The number of rotatable bonds is 7. The molecule has 21 heavy (non-hydrogen) atoms. The highest BCUT2D eigenvalue weighted by atomic mass is 32.2. The number of amides is 1. The van der Waals surface area contributed by atoms with Crippen LogP contribution in [0.3, 0.4) is 0 Å². The minimum atomic E-state index is -3.35. The molecule has 0 unspecified atom stereocenters. The fraction of sp³-hybridized carbons (Fsp3) is 0.533. The molecule has 0 saturated heterocycles. The quantitative estimate of drug-likeness (QED) is 0.833. The molecule has 1 aromatic rings. The Balaban J connectivity index is 2.67. The van der Waals surface area contributed by atoms with Crippen LogP contribution in [-0.2, 0) is 21.2 Å². The van der Waals surface area contributed by atoms with Crippen molar-refractivity contribution in [3.05, 3.63) is 29.8 Å². The van der Waals surface area contributed by atoms with Crippen molar-refractivity contribution in [2.75, 3.05) is 30.9 Å². The van der Waals surface area contributed by atoms with Crippen LogP contribution in [0.4, 0.5) is 5.69 Å². The highest BCUT2D eigenvalue weighted by Crippen LogP contribution is 2.12. The first-order valence-corrected chi connectivity index (χ1v) is 8.74. The van der Waals surface area contributed by atoms with Gasteiger partial charge in [0.2, 0.25) is 5.91 Å². The summed E-state index contributed by atoms with van der Waals surface area (Å²) in [6, 6.07) is 7.42. The molecule has 6 heteroatoms. The predicted octanol–water partition coefficient (Wildman–Crippen LogP) is 1.76. The van der Waals surface area contributed by atoms with Gasteiger partial charge in [0, 0.05) is 12.2 Å². The first kappa shape index (κ1) is 17.7. The van der Waals surface area contributed by atoms with Gasteiger partial charge >= 0.3 is 0 Å². The fourth-order valence-corrected chi connectivity index (χ4v) is 3.68. The Kier molecular flexibility index (Phi) is 6.36. The lowest BCUT2D eigenvalue weighted by atomic mass is 10.2. The summed E-state index contributed by atoms with van der Waals surface area (Å²) in [4.78, 5) is 13.9. The number of benzene rings is 1. The van der Waals surface area contributed by atoms with E-state index in [1.807, 2.05) is 51.0 Å². The van der Waals surface area contributed by atoms with E-state index < -0.39 is 21.5 Å². The van der Waals surface area contributed by atoms with Crippen LogP contribution >= 0.6 is 0 Å². The number of hydrogen-bond acceptors (Lipinski definition) is 4. The van der Waals surface area contributed by atoms with Crippen LogP contribution in [0.25, 0.3) is 0 Å². The SMILES string of the molecule is CC(C)CS(=O)(=O)CC(=O)Nc1cccc(CN(C)C)c1. The van der Waals surface area contributed by atoms with E-state index in [-0.39, 0.29) is 11.7 Å². The van der Waals surface area contributed by atoms with Crippen molar-refractivity contribution in [1.29, 1.82) is 0 Å². The van der Waals surface area contributed by atoms with Crippen LogP contribution in [-0.4, -0.2) is 44.8 Å². The highest BCUT2D eigenvalue weighted by molar-refractivity contribution is 7.92. The topological polar surface area (TPSA) is 66.5 Å². The third kappa shape index (κ3) is 7.24. The zero-order valence-electron chi connectivity index (χ0n) is 13.1. The lowest BCUT2D eigenvalue weighted by molar-refractivity contribution is -0.113. The summed E-state index contributed by atoms with van der Waals surface area (Å²) >= 11 is 0. The van der Waals surface area contributed by atoms with E-state index in [9.17, 15) is 13.2 Å². The van der Waals surface area contributed by atoms with Gasteiger partial charge in [0.1, 0.15) is 5.75 Å². The summed E-state index contributed by atoms with van der Waals surface area (Å²) in [5, 5.41) is 2.65. The minimum Gasteiger partial charge on any atom is -0.325 e. The maximum atomic E-state index is 11.8. The van der Waals surface area contributed by atoms with Crippen LogP contribution in [0.5, 0.6) is 0 Å². The van der Waals surface area contributed by atoms with E-state index in [0.717, 1.165) is 12.1 Å². The molecule has 0 atom stereocenters.